The molecule has 0 rings (SSSR count). The molecule has 0 fully saturated rings. The molecular formula is C18H30NO3. The van der Waals surface area contributed by atoms with Gasteiger partial charge < -0.3 is 0 Å². The van der Waals surface area contributed by atoms with E-state index in [0.29, 0.717) is 18.5 Å². The summed E-state index contributed by atoms with van der Waals surface area (Å²) in [5, 5.41) is 11.0. The van der Waals surface area contributed by atoms with Crippen LogP contribution in [0.5, 0.6) is 0 Å². The molecule has 125 valence electrons. The molecule has 0 aromatic carbocycles. The van der Waals surface area contributed by atoms with E-state index in [-0.39, 0.29) is 4.92 Å². The SMILES string of the molecule is CCCCC/C=C\C/C(=C\CCCCCCC[C]=O)[N+](=O)[O-]. The number of allylic oxidation sites excluding steroid dienone is 3. The minimum Gasteiger partial charge on any atom is -0.291 e. The van der Waals surface area contributed by atoms with Crippen molar-refractivity contribution in [2.75, 3.05) is 0 Å². The van der Waals surface area contributed by atoms with E-state index in [0.717, 1.165) is 51.4 Å². The summed E-state index contributed by atoms with van der Waals surface area (Å²) in [5.41, 5.74) is 0.308. The first kappa shape index (κ1) is 20.6. The molecule has 0 aliphatic carbocycles. The average molecular weight is 308 g/mol. The molecule has 4 heteroatoms. The van der Waals surface area contributed by atoms with E-state index in [1.54, 1.807) is 6.08 Å². The first-order valence-electron chi connectivity index (χ1n) is 8.55. The molecule has 0 aromatic rings. The second-order valence-electron chi connectivity index (χ2n) is 5.57. The van der Waals surface area contributed by atoms with Crippen molar-refractivity contribution >= 4 is 6.29 Å². The summed E-state index contributed by atoms with van der Waals surface area (Å²) < 4.78 is 0. The zero-order valence-corrected chi connectivity index (χ0v) is 13.9. The number of carbonyl (C=O) groups excluding carboxylic acids is 1. The number of nitro groups is 1. The van der Waals surface area contributed by atoms with Crippen LogP contribution in [0.25, 0.3) is 0 Å². The maximum absolute atomic E-state index is 11.0. The van der Waals surface area contributed by atoms with Gasteiger partial charge in [-0.15, -0.1) is 0 Å². The van der Waals surface area contributed by atoms with Crippen LogP contribution >= 0.6 is 0 Å². The standard InChI is InChI=1S/C18H30NO3/c1-2-3-4-5-9-12-15-18(19(21)22)16-13-10-7-6-8-11-14-17-20/h9,12,16H,2-8,10-11,13-15H2,1H3/b12-9-,18-16+. The van der Waals surface area contributed by atoms with Crippen molar-refractivity contribution in [1.82, 2.24) is 0 Å². The third-order valence-corrected chi connectivity index (χ3v) is 3.57. The molecule has 0 N–H and O–H groups in total. The van der Waals surface area contributed by atoms with Gasteiger partial charge >= 0.3 is 0 Å². The molecule has 0 bridgehead atoms. The van der Waals surface area contributed by atoms with Crippen molar-refractivity contribution in [1.29, 1.82) is 0 Å². The maximum Gasteiger partial charge on any atom is 0.246 e. The first-order valence-corrected chi connectivity index (χ1v) is 8.55. The van der Waals surface area contributed by atoms with Gasteiger partial charge in [-0.3, -0.25) is 14.9 Å². The van der Waals surface area contributed by atoms with Crippen molar-refractivity contribution < 1.29 is 9.72 Å². The highest BCUT2D eigenvalue weighted by atomic mass is 16.6. The molecule has 0 heterocycles. The van der Waals surface area contributed by atoms with E-state index < -0.39 is 0 Å². The molecule has 0 atom stereocenters. The van der Waals surface area contributed by atoms with Gasteiger partial charge in [0.1, 0.15) is 0 Å². The lowest BCUT2D eigenvalue weighted by Crippen LogP contribution is -1.97. The minimum atomic E-state index is -0.268. The fraction of sp³-hybridized carbons (Fsp3) is 0.722. The molecule has 0 saturated heterocycles. The summed E-state index contributed by atoms with van der Waals surface area (Å²) >= 11 is 0. The number of hydrogen-bond donors (Lipinski definition) is 0. The number of unbranched alkanes of at least 4 members (excludes halogenated alkanes) is 9. The Labute approximate surface area is 134 Å². The van der Waals surface area contributed by atoms with Crippen LogP contribution in [0, 0.1) is 10.1 Å². The lowest BCUT2D eigenvalue weighted by Gasteiger charge is -1.98. The van der Waals surface area contributed by atoms with Gasteiger partial charge in [0.25, 0.3) is 0 Å². The van der Waals surface area contributed by atoms with Gasteiger partial charge in [0, 0.05) is 6.42 Å². The van der Waals surface area contributed by atoms with Crippen LogP contribution < -0.4 is 0 Å². The summed E-state index contributed by atoms with van der Waals surface area (Å²) in [6.07, 6.45) is 19.0. The quantitative estimate of drug-likeness (QED) is 0.173. The second-order valence-corrected chi connectivity index (χ2v) is 5.57. The van der Waals surface area contributed by atoms with Crippen LogP contribution in [0.15, 0.2) is 23.9 Å². The molecule has 0 unspecified atom stereocenters. The Kier molecular flexibility index (Phi) is 14.9. The second kappa shape index (κ2) is 15.9. The highest BCUT2D eigenvalue weighted by Crippen LogP contribution is 2.11. The Morgan fingerprint density at radius 2 is 1.68 bits per heavy atom. The van der Waals surface area contributed by atoms with Crippen LogP contribution in [0.3, 0.4) is 0 Å². The van der Waals surface area contributed by atoms with Crippen LogP contribution in [-0.2, 0) is 4.79 Å². The molecule has 1 radical (unpaired) electrons. The lowest BCUT2D eigenvalue weighted by molar-refractivity contribution is -0.427. The van der Waals surface area contributed by atoms with Crippen LogP contribution in [0.1, 0.15) is 84.0 Å². The Balaban J connectivity index is 3.82. The molecule has 0 aromatic heterocycles. The van der Waals surface area contributed by atoms with E-state index in [9.17, 15) is 14.9 Å². The largest absolute Gasteiger partial charge is 0.291 e. The molecule has 0 amide bonds. The Morgan fingerprint density at radius 1 is 1.00 bits per heavy atom. The highest BCUT2D eigenvalue weighted by molar-refractivity contribution is 5.50. The number of nitrogens with zero attached hydrogens (tertiary/aromatic N) is 1. The van der Waals surface area contributed by atoms with Crippen molar-refractivity contribution in [3.8, 4) is 0 Å². The molecule has 4 nitrogen and oxygen atoms in total. The summed E-state index contributed by atoms with van der Waals surface area (Å²) in [5.74, 6) is 0. The number of hydrogen-bond acceptors (Lipinski definition) is 3. The van der Waals surface area contributed by atoms with Gasteiger partial charge in [-0.25, -0.2) is 0 Å². The fourth-order valence-electron chi connectivity index (χ4n) is 2.21. The Hall–Kier alpha value is -1.45. The van der Waals surface area contributed by atoms with Gasteiger partial charge in [0.05, 0.1) is 11.3 Å². The van der Waals surface area contributed by atoms with Crippen molar-refractivity contribution in [3.05, 3.63) is 34.0 Å². The third-order valence-electron chi connectivity index (χ3n) is 3.57. The van der Waals surface area contributed by atoms with Gasteiger partial charge in [0.2, 0.25) is 5.70 Å². The monoisotopic (exact) mass is 308 g/mol. The smallest absolute Gasteiger partial charge is 0.246 e. The molecule has 0 saturated carbocycles. The number of rotatable bonds is 15. The van der Waals surface area contributed by atoms with E-state index in [1.165, 1.54) is 12.8 Å². The summed E-state index contributed by atoms with van der Waals surface area (Å²) in [4.78, 5) is 20.7. The molecule has 0 aliphatic heterocycles. The predicted octanol–water partition coefficient (Wildman–Crippen LogP) is 5.51. The zero-order chi connectivity index (χ0) is 16.5. The normalized spacial score (nSPS) is 12.0. The molecular weight excluding hydrogens is 278 g/mol. The minimum absolute atomic E-state index is 0.268. The summed E-state index contributed by atoms with van der Waals surface area (Å²) in [6.45, 7) is 2.16. The Morgan fingerprint density at radius 3 is 2.36 bits per heavy atom. The van der Waals surface area contributed by atoms with E-state index in [4.69, 9.17) is 0 Å². The van der Waals surface area contributed by atoms with Crippen molar-refractivity contribution in [2.24, 2.45) is 0 Å². The lowest BCUT2D eigenvalue weighted by atomic mass is 10.1. The Bertz CT molecular complexity index is 348. The van der Waals surface area contributed by atoms with Gasteiger partial charge in [0.15, 0.2) is 6.29 Å². The third kappa shape index (κ3) is 13.5. The molecule has 22 heavy (non-hydrogen) atoms. The van der Waals surface area contributed by atoms with E-state index in [1.807, 2.05) is 12.4 Å². The van der Waals surface area contributed by atoms with E-state index >= 15 is 0 Å². The molecule has 0 spiro atoms. The van der Waals surface area contributed by atoms with Crippen LogP contribution in [0.2, 0.25) is 0 Å². The first-order chi connectivity index (χ1) is 10.7. The van der Waals surface area contributed by atoms with Gasteiger partial charge in [-0.1, -0.05) is 51.2 Å². The maximum atomic E-state index is 11.0. The topological polar surface area (TPSA) is 60.2 Å². The summed E-state index contributed by atoms with van der Waals surface area (Å²) in [7, 11) is 0. The highest BCUT2D eigenvalue weighted by Gasteiger charge is 2.06. The zero-order valence-electron chi connectivity index (χ0n) is 13.9. The van der Waals surface area contributed by atoms with E-state index in [2.05, 4.69) is 13.0 Å². The molecule has 0 aliphatic rings. The van der Waals surface area contributed by atoms with Gasteiger partial charge in [-0.05, 0) is 38.2 Å². The predicted molar refractivity (Wildman–Crippen MR) is 91.0 cm³/mol. The van der Waals surface area contributed by atoms with Crippen molar-refractivity contribution in [3.63, 3.8) is 0 Å². The van der Waals surface area contributed by atoms with Crippen LogP contribution in [-0.4, -0.2) is 11.2 Å². The van der Waals surface area contributed by atoms with Gasteiger partial charge in [-0.2, -0.15) is 0 Å². The van der Waals surface area contributed by atoms with Crippen LogP contribution in [0.4, 0.5) is 0 Å². The fourth-order valence-corrected chi connectivity index (χ4v) is 2.21. The average Bonchev–Trinajstić information content (AvgIpc) is 2.50. The summed E-state index contributed by atoms with van der Waals surface area (Å²) in [6, 6.07) is 0. The van der Waals surface area contributed by atoms with Crippen molar-refractivity contribution in [2.45, 2.75) is 84.0 Å².